The van der Waals surface area contributed by atoms with Crippen molar-refractivity contribution in [2.24, 2.45) is 0 Å². The molecule has 2 aromatic carbocycles. The van der Waals surface area contributed by atoms with E-state index in [1.54, 1.807) is 0 Å². The van der Waals surface area contributed by atoms with Crippen LogP contribution in [0.1, 0.15) is 38.8 Å². The van der Waals surface area contributed by atoms with Crippen LogP contribution in [0.15, 0.2) is 48.5 Å². The summed E-state index contributed by atoms with van der Waals surface area (Å²) in [6, 6.07) is 16.0. The summed E-state index contributed by atoms with van der Waals surface area (Å²) < 4.78 is 11.7. The van der Waals surface area contributed by atoms with E-state index in [0.717, 1.165) is 17.7 Å². The fourth-order valence-electron chi connectivity index (χ4n) is 3.21. The molecule has 0 aliphatic carbocycles. The van der Waals surface area contributed by atoms with Crippen molar-refractivity contribution in [1.82, 2.24) is 5.32 Å². The van der Waals surface area contributed by atoms with Gasteiger partial charge < -0.3 is 14.8 Å². The molecular weight excluding hydrogens is 326 g/mol. The van der Waals surface area contributed by atoms with Crippen molar-refractivity contribution in [3.8, 4) is 11.5 Å². The number of nitrogens with one attached hydrogen (secondary N) is 1. The van der Waals surface area contributed by atoms with Gasteiger partial charge in [0.15, 0.2) is 18.1 Å². The Morgan fingerprint density at radius 2 is 1.88 bits per heavy atom. The van der Waals surface area contributed by atoms with E-state index in [0.29, 0.717) is 12.3 Å². The summed E-state index contributed by atoms with van der Waals surface area (Å²) in [5.41, 5.74) is 1.94. The van der Waals surface area contributed by atoms with Gasteiger partial charge in [0.1, 0.15) is 5.60 Å². The van der Waals surface area contributed by atoms with Gasteiger partial charge in [-0.15, -0.1) is 0 Å². The normalized spacial score (nSPS) is 15.1. The van der Waals surface area contributed by atoms with E-state index in [1.807, 2.05) is 36.4 Å². The standard InChI is InChI=1S/C22H27NO3/c1-21(2,17-10-6-5-7-11-17)15-23-19(24)14-25-18-12-8-9-16-13-22(3,4)26-20(16)18/h5-12H,13-15H2,1-4H3,(H,23,24). The molecule has 0 saturated heterocycles. The number of amides is 1. The van der Waals surface area contributed by atoms with E-state index >= 15 is 0 Å². The maximum Gasteiger partial charge on any atom is 0.257 e. The fourth-order valence-corrected chi connectivity index (χ4v) is 3.21. The Hall–Kier alpha value is -2.49. The van der Waals surface area contributed by atoms with Crippen LogP contribution in [-0.4, -0.2) is 24.7 Å². The zero-order valence-corrected chi connectivity index (χ0v) is 16.0. The van der Waals surface area contributed by atoms with Crippen molar-refractivity contribution in [2.75, 3.05) is 13.2 Å². The molecule has 1 aliphatic heterocycles. The average Bonchev–Trinajstić information content (AvgIpc) is 2.93. The number of hydrogen-bond donors (Lipinski definition) is 1. The number of carbonyl (C=O) groups is 1. The minimum atomic E-state index is -0.232. The molecule has 0 radical (unpaired) electrons. The number of fused-ring (bicyclic) bond motifs is 1. The van der Waals surface area contributed by atoms with Gasteiger partial charge in [-0.3, -0.25) is 4.79 Å². The van der Waals surface area contributed by atoms with Gasteiger partial charge in [0.2, 0.25) is 0 Å². The lowest BCUT2D eigenvalue weighted by Gasteiger charge is -2.25. The molecule has 26 heavy (non-hydrogen) atoms. The minimum Gasteiger partial charge on any atom is -0.483 e. The van der Waals surface area contributed by atoms with Crippen molar-refractivity contribution in [3.63, 3.8) is 0 Å². The van der Waals surface area contributed by atoms with E-state index in [-0.39, 0.29) is 23.5 Å². The van der Waals surface area contributed by atoms with Gasteiger partial charge in [-0.2, -0.15) is 0 Å². The highest BCUT2D eigenvalue weighted by Gasteiger charge is 2.32. The molecule has 0 saturated carbocycles. The van der Waals surface area contributed by atoms with Crippen LogP contribution in [0, 0.1) is 0 Å². The lowest BCUT2D eigenvalue weighted by atomic mass is 9.84. The number of para-hydroxylation sites is 1. The molecule has 1 N–H and O–H groups in total. The minimum absolute atomic E-state index is 0.0227. The molecule has 0 spiro atoms. The van der Waals surface area contributed by atoms with Crippen LogP contribution < -0.4 is 14.8 Å². The third kappa shape index (κ3) is 4.18. The molecule has 0 bridgehead atoms. The summed E-state index contributed by atoms with van der Waals surface area (Å²) in [6.45, 7) is 8.86. The number of carbonyl (C=O) groups excluding carboxylic acids is 1. The summed E-state index contributed by atoms with van der Waals surface area (Å²) in [6.07, 6.45) is 0.844. The topological polar surface area (TPSA) is 47.6 Å². The molecule has 0 atom stereocenters. The van der Waals surface area contributed by atoms with Crippen LogP contribution in [0.3, 0.4) is 0 Å². The van der Waals surface area contributed by atoms with Crippen LogP contribution >= 0.6 is 0 Å². The molecule has 0 aromatic heterocycles. The quantitative estimate of drug-likeness (QED) is 0.857. The maximum atomic E-state index is 12.2. The van der Waals surface area contributed by atoms with Gasteiger partial charge in [0, 0.05) is 23.9 Å². The van der Waals surface area contributed by atoms with E-state index in [9.17, 15) is 4.79 Å². The molecular formula is C22H27NO3. The molecule has 4 heteroatoms. The van der Waals surface area contributed by atoms with Crippen molar-refractivity contribution in [2.45, 2.75) is 45.1 Å². The first-order valence-corrected chi connectivity index (χ1v) is 9.03. The third-order valence-corrected chi connectivity index (χ3v) is 4.70. The summed E-state index contributed by atoms with van der Waals surface area (Å²) in [5, 5.41) is 2.97. The molecule has 0 fully saturated rings. The lowest BCUT2D eigenvalue weighted by Crippen LogP contribution is -2.38. The van der Waals surface area contributed by atoms with Crippen molar-refractivity contribution in [1.29, 1.82) is 0 Å². The predicted molar refractivity (Wildman–Crippen MR) is 103 cm³/mol. The van der Waals surface area contributed by atoms with Crippen LogP contribution in [-0.2, 0) is 16.6 Å². The van der Waals surface area contributed by atoms with Crippen LogP contribution in [0.5, 0.6) is 11.5 Å². The molecule has 138 valence electrons. The van der Waals surface area contributed by atoms with Gasteiger partial charge >= 0.3 is 0 Å². The molecule has 1 heterocycles. The molecule has 1 aliphatic rings. The van der Waals surface area contributed by atoms with Crippen molar-refractivity contribution in [3.05, 3.63) is 59.7 Å². The van der Waals surface area contributed by atoms with Crippen molar-refractivity contribution >= 4 is 5.91 Å². The maximum absolute atomic E-state index is 12.2. The molecule has 3 rings (SSSR count). The van der Waals surface area contributed by atoms with Crippen LogP contribution in [0.25, 0.3) is 0 Å². The second-order valence-electron chi connectivity index (χ2n) is 8.10. The highest BCUT2D eigenvalue weighted by molar-refractivity contribution is 5.77. The summed E-state index contributed by atoms with van der Waals surface area (Å²) in [7, 11) is 0. The van der Waals surface area contributed by atoms with E-state index < -0.39 is 0 Å². The highest BCUT2D eigenvalue weighted by atomic mass is 16.5. The Balaban J connectivity index is 1.55. The average molecular weight is 353 g/mol. The Morgan fingerprint density at radius 3 is 2.62 bits per heavy atom. The monoisotopic (exact) mass is 353 g/mol. The Bertz CT molecular complexity index is 781. The molecule has 2 aromatic rings. The van der Waals surface area contributed by atoms with Crippen molar-refractivity contribution < 1.29 is 14.3 Å². The third-order valence-electron chi connectivity index (χ3n) is 4.70. The first kappa shape index (κ1) is 18.3. The highest BCUT2D eigenvalue weighted by Crippen LogP contribution is 2.41. The van der Waals surface area contributed by atoms with Gasteiger partial charge in [0.05, 0.1) is 0 Å². The van der Waals surface area contributed by atoms with Gasteiger partial charge in [-0.1, -0.05) is 56.3 Å². The first-order chi connectivity index (χ1) is 12.3. The molecule has 0 unspecified atom stereocenters. The van der Waals surface area contributed by atoms with Gasteiger partial charge in [-0.25, -0.2) is 0 Å². The first-order valence-electron chi connectivity index (χ1n) is 9.03. The van der Waals surface area contributed by atoms with Gasteiger partial charge in [-0.05, 0) is 25.5 Å². The van der Waals surface area contributed by atoms with E-state index in [2.05, 4.69) is 45.1 Å². The number of hydrogen-bond acceptors (Lipinski definition) is 3. The van der Waals surface area contributed by atoms with Crippen LogP contribution in [0.2, 0.25) is 0 Å². The number of benzene rings is 2. The summed E-state index contributed by atoms with van der Waals surface area (Å²) in [4.78, 5) is 12.2. The number of rotatable bonds is 6. The molecule has 4 nitrogen and oxygen atoms in total. The second kappa shape index (κ2) is 7.02. The lowest BCUT2D eigenvalue weighted by molar-refractivity contribution is -0.123. The van der Waals surface area contributed by atoms with Gasteiger partial charge in [0.25, 0.3) is 5.91 Å². The zero-order valence-electron chi connectivity index (χ0n) is 16.0. The fraction of sp³-hybridized carbons (Fsp3) is 0.409. The zero-order chi connectivity index (χ0) is 18.8. The van der Waals surface area contributed by atoms with Crippen LogP contribution in [0.4, 0.5) is 0 Å². The smallest absolute Gasteiger partial charge is 0.257 e. The second-order valence-corrected chi connectivity index (χ2v) is 8.10. The summed E-state index contributed by atoms with van der Waals surface area (Å²) >= 11 is 0. The number of ether oxygens (including phenoxy) is 2. The molecule has 1 amide bonds. The SMILES string of the molecule is CC1(C)Cc2cccc(OCC(=O)NCC(C)(C)c3ccccc3)c2O1. The Kier molecular flexibility index (Phi) is 4.94. The predicted octanol–water partition coefficient (Wildman–Crippen LogP) is 3.87. The largest absolute Gasteiger partial charge is 0.483 e. The summed E-state index contributed by atoms with van der Waals surface area (Å²) in [5.74, 6) is 1.25. The van der Waals surface area contributed by atoms with E-state index in [1.165, 1.54) is 5.56 Å². The van der Waals surface area contributed by atoms with E-state index in [4.69, 9.17) is 9.47 Å². The Morgan fingerprint density at radius 1 is 1.15 bits per heavy atom. The Labute approximate surface area is 155 Å².